The molecule has 0 unspecified atom stereocenters. The van der Waals surface area contributed by atoms with E-state index in [0.717, 1.165) is 21.7 Å². The van der Waals surface area contributed by atoms with E-state index in [1.54, 1.807) is 30.6 Å². The Labute approximate surface area is 119 Å². The number of hydrogen-bond acceptors (Lipinski definition) is 4. The van der Waals surface area contributed by atoms with Crippen LogP contribution in [0.25, 0.3) is 32.6 Å². The highest BCUT2D eigenvalue weighted by atomic mass is 16.6. The van der Waals surface area contributed by atoms with Crippen LogP contribution in [-0.4, -0.2) is 14.9 Å². The molecule has 0 saturated heterocycles. The number of nitro groups is 1. The average Bonchev–Trinajstić information content (AvgIpc) is 2.53. The molecule has 0 saturated carbocycles. The van der Waals surface area contributed by atoms with Crippen LogP contribution >= 0.6 is 0 Å². The summed E-state index contributed by atoms with van der Waals surface area (Å²) in [5.41, 5.74) is 1.53. The Bertz CT molecular complexity index is 1030. The number of hydrogen-bond donors (Lipinski definition) is 0. The van der Waals surface area contributed by atoms with Crippen LogP contribution in [0.3, 0.4) is 0 Å². The van der Waals surface area contributed by atoms with Gasteiger partial charge in [0.25, 0.3) is 5.69 Å². The third-order valence-corrected chi connectivity index (χ3v) is 3.64. The molecule has 0 amide bonds. The van der Waals surface area contributed by atoms with Crippen molar-refractivity contribution < 1.29 is 4.92 Å². The Morgan fingerprint density at radius 1 is 0.857 bits per heavy atom. The lowest BCUT2D eigenvalue weighted by Crippen LogP contribution is -1.92. The smallest absolute Gasteiger partial charge is 0.258 e. The molecule has 2 aromatic heterocycles. The van der Waals surface area contributed by atoms with Gasteiger partial charge in [-0.3, -0.25) is 20.1 Å². The van der Waals surface area contributed by atoms with Crippen molar-refractivity contribution in [3.05, 3.63) is 65.0 Å². The second-order valence-corrected chi connectivity index (χ2v) is 4.78. The molecule has 0 aliphatic rings. The first-order valence-electron chi connectivity index (χ1n) is 6.45. The van der Waals surface area contributed by atoms with Crippen LogP contribution < -0.4 is 0 Å². The fraction of sp³-hybridized carbons (Fsp3) is 0. The highest BCUT2D eigenvalue weighted by molar-refractivity contribution is 6.17. The number of fused-ring (bicyclic) bond motifs is 5. The summed E-state index contributed by atoms with van der Waals surface area (Å²) >= 11 is 0. The predicted molar refractivity (Wildman–Crippen MR) is 81.2 cm³/mol. The first kappa shape index (κ1) is 11.7. The Morgan fingerprint density at radius 3 is 2.43 bits per heavy atom. The van der Waals surface area contributed by atoms with Crippen molar-refractivity contribution in [3.63, 3.8) is 0 Å². The monoisotopic (exact) mass is 275 g/mol. The molecule has 2 heterocycles. The summed E-state index contributed by atoms with van der Waals surface area (Å²) in [4.78, 5) is 19.6. The molecule has 0 aliphatic carbocycles. The zero-order valence-corrected chi connectivity index (χ0v) is 10.9. The number of benzene rings is 2. The summed E-state index contributed by atoms with van der Waals surface area (Å²) in [6, 6.07) is 12.6. The van der Waals surface area contributed by atoms with Gasteiger partial charge in [-0.15, -0.1) is 0 Å². The Hall–Kier alpha value is -3.08. The van der Waals surface area contributed by atoms with Crippen molar-refractivity contribution in [2.24, 2.45) is 0 Å². The maximum Gasteiger partial charge on any atom is 0.279 e. The molecule has 0 atom stereocenters. The second-order valence-electron chi connectivity index (χ2n) is 4.78. The van der Waals surface area contributed by atoms with Crippen molar-refractivity contribution in [3.8, 4) is 0 Å². The van der Waals surface area contributed by atoms with Gasteiger partial charge >= 0.3 is 0 Å². The lowest BCUT2D eigenvalue weighted by molar-refractivity contribution is -0.382. The molecule has 5 heteroatoms. The quantitative estimate of drug-likeness (QED) is 0.300. The normalized spacial score (nSPS) is 11.2. The fourth-order valence-electron chi connectivity index (χ4n) is 2.73. The molecular formula is C16H9N3O2. The van der Waals surface area contributed by atoms with Gasteiger partial charge < -0.3 is 0 Å². The van der Waals surface area contributed by atoms with Gasteiger partial charge in [-0.1, -0.05) is 6.07 Å². The molecule has 0 fully saturated rings. The maximum absolute atomic E-state index is 11.4. The largest absolute Gasteiger partial charge is 0.279 e. The molecule has 0 N–H and O–H groups in total. The number of pyridine rings is 2. The van der Waals surface area contributed by atoms with Gasteiger partial charge in [0.2, 0.25) is 0 Å². The molecule has 0 aliphatic heterocycles. The third-order valence-electron chi connectivity index (χ3n) is 3.64. The molecular weight excluding hydrogens is 266 g/mol. The van der Waals surface area contributed by atoms with E-state index in [2.05, 4.69) is 9.97 Å². The topological polar surface area (TPSA) is 68.9 Å². The minimum atomic E-state index is -0.362. The van der Waals surface area contributed by atoms with Gasteiger partial charge in [0.15, 0.2) is 0 Å². The van der Waals surface area contributed by atoms with Crippen LogP contribution in [0.1, 0.15) is 0 Å². The van der Waals surface area contributed by atoms with Gasteiger partial charge in [-0.05, 0) is 30.3 Å². The van der Waals surface area contributed by atoms with Crippen molar-refractivity contribution in [1.82, 2.24) is 9.97 Å². The molecule has 0 bridgehead atoms. The molecule has 0 spiro atoms. The summed E-state index contributed by atoms with van der Waals surface area (Å²) in [6.07, 6.45) is 3.36. The first-order chi connectivity index (χ1) is 10.3. The number of rotatable bonds is 1. The lowest BCUT2D eigenvalue weighted by Gasteiger charge is -2.07. The molecule has 4 rings (SSSR count). The Kier molecular flexibility index (Phi) is 2.35. The van der Waals surface area contributed by atoms with Crippen LogP contribution in [0, 0.1) is 10.1 Å². The van der Waals surface area contributed by atoms with Crippen molar-refractivity contribution in [2.75, 3.05) is 0 Å². The fourth-order valence-corrected chi connectivity index (χ4v) is 2.73. The van der Waals surface area contributed by atoms with Crippen LogP contribution in [-0.2, 0) is 0 Å². The molecule has 2 aromatic carbocycles. The minimum absolute atomic E-state index is 0.0713. The van der Waals surface area contributed by atoms with E-state index in [4.69, 9.17) is 0 Å². The minimum Gasteiger partial charge on any atom is -0.258 e. The van der Waals surface area contributed by atoms with Crippen LogP contribution in [0.4, 0.5) is 5.69 Å². The number of nitro benzene ring substituents is 1. The van der Waals surface area contributed by atoms with Gasteiger partial charge in [0.05, 0.1) is 21.3 Å². The van der Waals surface area contributed by atoms with Gasteiger partial charge in [0.1, 0.15) is 0 Å². The van der Waals surface area contributed by atoms with Crippen molar-refractivity contribution in [1.29, 1.82) is 0 Å². The van der Waals surface area contributed by atoms with Gasteiger partial charge in [-0.25, -0.2) is 0 Å². The summed E-state index contributed by atoms with van der Waals surface area (Å²) in [5.74, 6) is 0. The number of aromatic nitrogens is 2. The number of nitrogens with zero attached hydrogens (tertiary/aromatic N) is 3. The molecule has 4 aromatic rings. The first-order valence-corrected chi connectivity index (χ1v) is 6.45. The standard InChI is InChI=1S/C16H9N3O2/c20-19(21)15-9-13-10-3-1-7-17-14(10)6-5-11(13)16-12(15)4-2-8-18-16/h1-9H. The maximum atomic E-state index is 11.4. The summed E-state index contributed by atoms with van der Waals surface area (Å²) in [5, 5.41) is 14.5. The molecule has 5 nitrogen and oxygen atoms in total. The highest BCUT2D eigenvalue weighted by Gasteiger charge is 2.16. The molecule has 0 radical (unpaired) electrons. The van der Waals surface area contributed by atoms with E-state index in [-0.39, 0.29) is 10.6 Å². The highest BCUT2D eigenvalue weighted by Crippen LogP contribution is 2.35. The Balaban J connectivity index is 2.32. The van der Waals surface area contributed by atoms with Crippen LogP contribution in [0.15, 0.2) is 54.9 Å². The third kappa shape index (κ3) is 1.64. The predicted octanol–water partition coefficient (Wildman–Crippen LogP) is 3.84. The summed E-state index contributed by atoms with van der Waals surface area (Å²) < 4.78 is 0. The van der Waals surface area contributed by atoms with Crippen molar-refractivity contribution >= 4 is 38.3 Å². The number of non-ortho nitro benzene ring substituents is 1. The van der Waals surface area contributed by atoms with E-state index in [1.807, 2.05) is 24.3 Å². The zero-order chi connectivity index (χ0) is 14.4. The van der Waals surface area contributed by atoms with E-state index in [1.165, 1.54) is 0 Å². The summed E-state index contributed by atoms with van der Waals surface area (Å²) in [6.45, 7) is 0. The van der Waals surface area contributed by atoms with E-state index < -0.39 is 0 Å². The van der Waals surface area contributed by atoms with Crippen LogP contribution in [0.2, 0.25) is 0 Å². The second kappa shape index (κ2) is 4.21. The SMILES string of the molecule is O=[N+]([O-])c1cc2c3cccnc3ccc2c2ncccc12. The Morgan fingerprint density at radius 2 is 1.62 bits per heavy atom. The lowest BCUT2D eigenvalue weighted by atomic mass is 10.0. The van der Waals surface area contributed by atoms with E-state index >= 15 is 0 Å². The van der Waals surface area contributed by atoms with Crippen LogP contribution in [0.5, 0.6) is 0 Å². The zero-order valence-electron chi connectivity index (χ0n) is 10.9. The van der Waals surface area contributed by atoms with Crippen molar-refractivity contribution in [2.45, 2.75) is 0 Å². The van der Waals surface area contributed by atoms with E-state index in [9.17, 15) is 10.1 Å². The average molecular weight is 275 g/mol. The van der Waals surface area contributed by atoms with Gasteiger partial charge in [-0.2, -0.15) is 0 Å². The molecule has 21 heavy (non-hydrogen) atoms. The van der Waals surface area contributed by atoms with Gasteiger partial charge in [0, 0.05) is 34.6 Å². The summed E-state index contributed by atoms with van der Waals surface area (Å²) in [7, 11) is 0. The molecule has 100 valence electrons. The van der Waals surface area contributed by atoms with E-state index in [0.29, 0.717) is 10.9 Å².